The molecule has 0 aliphatic carbocycles. The molecule has 1 heteroatoms. The Morgan fingerprint density at radius 3 is 1.92 bits per heavy atom. The molecule has 68 valence electrons. The van der Waals surface area contributed by atoms with E-state index in [0.717, 1.165) is 5.69 Å². The highest BCUT2D eigenvalue weighted by molar-refractivity contribution is 5.49. The summed E-state index contributed by atoms with van der Waals surface area (Å²) in [5.74, 6) is 0. The van der Waals surface area contributed by atoms with E-state index in [1.807, 2.05) is 18.2 Å². The maximum absolute atomic E-state index is 5.81. The number of rotatable bonds is 0. The topological polar surface area (TPSA) is 26.0 Å². The first-order valence-electron chi connectivity index (χ1n) is 3.87. The smallest absolute Gasteiger partial charge is 0.0351 e. The molecule has 0 aliphatic rings. The van der Waals surface area contributed by atoms with Gasteiger partial charge in [-0.2, -0.15) is 0 Å². The Hall–Kier alpha value is -0.980. The van der Waals surface area contributed by atoms with E-state index in [2.05, 4.69) is 26.8 Å². The average Bonchev–Trinajstić information content (AvgIpc) is 1.86. The molecule has 0 amide bonds. The van der Waals surface area contributed by atoms with Crippen LogP contribution in [0.1, 0.15) is 33.8 Å². The van der Waals surface area contributed by atoms with Gasteiger partial charge in [0.25, 0.3) is 0 Å². The standard InChI is InChI=1S/C10H15N.CH4/c1-10(2,3)8-6-4-5-7-9(8)11;/h4-7H,11H2,1-3H3;1H4. The molecule has 1 aromatic rings. The van der Waals surface area contributed by atoms with Crippen LogP contribution in [-0.2, 0) is 5.41 Å². The van der Waals surface area contributed by atoms with Crippen LogP contribution in [0.25, 0.3) is 0 Å². The molecular weight excluding hydrogens is 146 g/mol. The summed E-state index contributed by atoms with van der Waals surface area (Å²) in [6, 6.07) is 8.01. The van der Waals surface area contributed by atoms with Gasteiger partial charge in [-0.05, 0) is 17.0 Å². The van der Waals surface area contributed by atoms with Crippen molar-refractivity contribution < 1.29 is 0 Å². The molecule has 0 spiro atoms. The second-order valence-corrected chi connectivity index (χ2v) is 3.84. The number of hydrogen-bond donors (Lipinski definition) is 1. The molecule has 0 aliphatic heterocycles. The Balaban J connectivity index is 0.00000121. The Labute approximate surface area is 75.6 Å². The monoisotopic (exact) mass is 165 g/mol. The Kier molecular flexibility index (Phi) is 3.32. The van der Waals surface area contributed by atoms with E-state index in [0.29, 0.717) is 0 Å². The van der Waals surface area contributed by atoms with E-state index >= 15 is 0 Å². The summed E-state index contributed by atoms with van der Waals surface area (Å²) in [5, 5.41) is 0. The molecule has 0 fully saturated rings. The molecular formula is C11H19N. The van der Waals surface area contributed by atoms with Crippen molar-refractivity contribution in [2.45, 2.75) is 33.6 Å². The Morgan fingerprint density at radius 2 is 1.58 bits per heavy atom. The predicted octanol–water partition coefficient (Wildman–Crippen LogP) is 3.20. The lowest BCUT2D eigenvalue weighted by Crippen LogP contribution is -2.13. The van der Waals surface area contributed by atoms with Gasteiger partial charge in [0, 0.05) is 5.69 Å². The first-order chi connectivity index (χ1) is 5.02. The minimum absolute atomic E-state index is 0. The van der Waals surface area contributed by atoms with Gasteiger partial charge in [-0.15, -0.1) is 0 Å². The SMILES string of the molecule is C.CC(C)(C)c1ccccc1N. The van der Waals surface area contributed by atoms with Crippen molar-refractivity contribution in [1.82, 2.24) is 0 Å². The lowest BCUT2D eigenvalue weighted by Gasteiger charge is -2.20. The summed E-state index contributed by atoms with van der Waals surface area (Å²) in [6.07, 6.45) is 0. The summed E-state index contributed by atoms with van der Waals surface area (Å²) in [5.41, 5.74) is 8.08. The summed E-state index contributed by atoms with van der Waals surface area (Å²) in [4.78, 5) is 0. The lowest BCUT2D eigenvalue weighted by atomic mass is 9.86. The molecule has 0 aromatic heterocycles. The van der Waals surface area contributed by atoms with Crippen molar-refractivity contribution in [2.75, 3.05) is 5.73 Å². The van der Waals surface area contributed by atoms with Crippen molar-refractivity contribution in [3.63, 3.8) is 0 Å². The highest BCUT2D eigenvalue weighted by Crippen LogP contribution is 2.26. The lowest BCUT2D eigenvalue weighted by molar-refractivity contribution is 0.592. The van der Waals surface area contributed by atoms with Gasteiger partial charge in [0.15, 0.2) is 0 Å². The second kappa shape index (κ2) is 3.61. The second-order valence-electron chi connectivity index (χ2n) is 3.84. The largest absolute Gasteiger partial charge is 0.398 e. The zero-order valence-corrected chi connectivity index (χ0v) is 7.39. The number of hydrogen-bond acceptors (Lipinski definition) is 1. The van der Waals surface area contributed by atoms with Crippen LogP contribution in [0, 0.1) is 0 Å². The van der Waals surface area contributed by atoms with E-state index < -0.39 is 0 Å². The van der Waals surface area contributed by atoms with Gasteiger partial charge in [0.05, 0.1) is 0 Å². The molecule has 0 saturated heterocycles. The third kappa shape index (κ3) is 2.26. The fourth-order valence-corrected chi connectivity index (χ4v) is 1.18. The van der Waals surface area contributed by atoms with E-state index in [1.165, 1.54) is 5.56 Å². The Bertz CT molecular complexity index is 245. The van der Waals surface area contributed by atoms with Gasteiger partial charge in [-0.1, -0.05) is 46.4 Å². The molecule has 2 N–H and O–H groups in total. The van der Waals surface area contributed by atoms with Gasteiger partial charge in [0.2, 0.25) is 0 Å². The highest BCUT2D eigenvalue weighted by atomic mass is 14.6. The molecule has 0 heterocycles. The van der Waals surface area contributed by atoms with Crippen LogP contribution >= 0.6 is 0 Å². The summed E-state index contributed by atoms with van der Waals surface area (Å²) < 4.78 is 0. The zero-order valence-electron chi connectivity index (χ0n) is 7.39. The first kappa shape index (κ1) is 11.0. The van der Waals surface area contributed by atoms with Crippen molar-refractivity contribution in [3.05, 3.63) is 29.8 Å². The fourth-order valence-electron chi connectivity index (χ4n) is 1.18. The highest BCUT2D eigenvalue weighted by Gasteiger charge is 2.15. The van der Waals surface area contributed by atoms with Crippen molar-refractivity contribution in [2.24, 2.45) is 0 Å². The molecule has 0 atom stereocenters. The van der Waals surface area contributed by atoms with Crippen molar-refractivity contribution >= 4 is 5.69 Å². The first-order valence-corrected chi connectivity index (χ1v) is 3.87. The molecule has 1 nitrogen and oxygen atoms in total. The molecule has 1 rings (SSSR count). The average molecular weight is 165 g/mol. The van der Waals surface area contributed by atoms with Gasteiger partial charge in [0.1, 0.15) is 0 Å². The third-order valence-corrected chi connectivity index (χ3v) is 1.77. The van der Waals surface area contributed by atoms with E-state index in [-0.39, 0.29) is 12.8 Å². The summed E-state index contributed by atoms with van der Waals surface area (Å²) >= 11 is 0. The minimum atomic E-state index is 0. The normalized spacial score (nSPS) is 10.6. The summed E-state index contributed by atoms with van der Waals surface area (Å²) in [7, 11) is 0. The van der Waals surface area contributed by atoms with Crippen LogP contribution < -0.4 is 5.73 Å². The maximum atomic E-state index is 5.81. The van der Waals surface area contributed by atoms with Crippen molar-refractivity contribution in [1.29, 1.82) is 0 Å². The fraction of sp³-hybridized carbons (Fsp3) is 0.455. The Morgan fingerprint density at radius 1 is 1.08 bits per heavy atom. The number of nitrogen functional groups attached to an aromatic ring is 1. The van der Waals surface area contributed by atoms with Gasteiger partial charge >= 0.3 is 0 Å². The van der Waals surface area contributed by atoms with Crippen molar-refractivity contribution in [3.8, 4) is 0 Å². The summed E-state index contributed by atoms with van der Waals surface area (Å²) in [6.45, 7) is 6.50. The number of anilines is 1. The zero-order chi connectivity index (χ0) is 8.48. The van der Waals surface area contributed by atoms with Crippen LogP contribution in [0.3, 0.4) is 0 Å². The third-order valence-electron chi connectivity index (χ3n) is 1.77. The van der Waals surface area contributed by atoms with Crippen LogP contribution in [0.5, 0.6) is 0 Å². The van der Waals surface area contributed by atoms with E-state index in [1.54, 1.807) is 0 Å². The van der Waals surface area contributed by atoms with Gasteiger partial charge in [-0.25, -0.2) is 0 Å². The molecule has 0 radical (unpaired) electrons. The molecule has 0 saturated carbocycles. The molecule has 12 heavy (non-hydrogen) atoms. The van der Waals surface area contributed by atoms with Crippen LogP contribution in [0.2, 0.25) is 0 Å². The van der Waals surface area contributed by atoms with Crippen LogP contribution in [0.15, 0.2) is 24.3 Å². The minimum Gasteiger partial charge on any atom is -0.398 e. The molecule has 0 unspecified atom stereocenters. The van der Waals surface area contributed by atoms with E-state index in [4.69, 9.17) is 5.73 Å². The van der Waals surface area contributed by atoms with Gasteiger partial charge < -0.3 is 5.73 Å². The molecule has 0 bridgehead atoms. The maximum Gasteiger partial charge on any atom is 0.0351 e. The quantitative estimate of drug-likeness (QED) is 0.587. The number of benzene rings is 1. The van der Waals surface area contributed by atoms with E-state index in [9.17, 15) is 0 Å². The molecule has 1 aromatic carbocycles. The van der Waals surface area contributed by atoms with Crippen LogP contribution in [0.4, 0.5) is 5.69 Å². The number of nitrogens with two attached hydrogens (primary N) is 1. The van der Waals surface area contributed by atoms with Crippen LogP contribution in [-0.4, -0.2) is 0 Å². The predicted molar refractivity (Wildman–Crippen MR) is 56.3 cm³/mol. The van der Waals surface area contributed by atoms with Gasteiger partial charge in [-0.3, -0.25) is 0 Å². The number of para-hydroxylation sites is 1.